The van der Waals surface area contributed by atoms with Crippen molar-refractivity contribution >= 4 is 27.6 Å². The summed E-state index contributed by atoms with van der Waals surface area (Å²) in [5.41, 5.74) is -0.583. The Balaban J connectivity index is 1.97. The molecule has 1 amide bonds. The van der Waals surface area contributed by atoms with E-state index in [0.717, 1.165) is 43.9 Å². The largest absolute Gasteiger partial charge is 0.478 e. The van der Waals surface area contributed by atoms with Crippen LogP contribution in [0.1, 0.15) is 43.0 Å². The van der Waals surface area contributed by atoms with Gasteiger partial charge in [-0.1, -0.05) is 6.92 Å². The Morgan fingerprint density at radius 1 is 1.24 bits per heavy atom. The van der Waals surface area contributed by atoms with Crippen molar-refractivity contribution in [1.82, 2.24) is 4.72 Å². The molecule has 0 aliphatic heterocycles. The van der Waals surface area contributed by atoms with E-state index < -0.39 is 33.5 Å². The highest BCUT2D eigenvalue weighted by Gasteiger charge is 2.25. The maximum atomic E-state index is 13.7. The van der Waals surface area contributed by atoms with E-state index in [1.54, 1.807) is 0 Å². The Hall–Kier alpha value is -2.00. The zero-order valence-corrected chi connectivity index (χ0v) is 14.6. The summed E-state index contributed by atoms with van der Waals surface area (Å²) in [6.45, 7) is 2.11. The lowest BCUT2D eigenvalue weighted by atomic mass is 9.88. The maximum Gasteiger partial charge on any atom is 0.335 e. The highest BCUT2D eigenvalue weighted by atomic mass is 32.2. The fraction of sp³-hybridized carbons (Fsp3) is 0.500. The monoisotopic (exact) mass is 372 g/mol. The molecule has 138 valence electrons. The van der Waals surface area contributed by atoms with Gasteiger partial charge in [0.15, 0.2) is 0 Å². The minimum absolute atomic E-state index is 0.193. The van der Waals surface area contributed by atoms with E-state index in [2.05, 4.69) is 17.0 Å². The van der Waals surface area contributed by atoms with Crippen molar-refractivity contribution in [1.29, 1.82) is 0 Å². The van der Waals surface area contributed by atoms with Gasteiger partial charge in [-0.05, 0) is 49.8 Å². The highest BCUT2D eigenvalue weighted by Crippen LogP contribution is 2.24. The highest BCUT2D eigenvalue weighted by molar-refractivity contribution is 7.90. The summed E-state index contributed by atoms with van der Waals surface area (Å²) >= 11 is 0. The fourth-order valence-electron chi connectivity index (χ4n) is 2.79. The Morgan fingerprint density at radius 2 is 1.88 bits per heavy atom. The number of rotatable bonds is 6. The molecule has 1 aliphatic carbocycles. The molecule has 25 heavy (non-hydrogen) atoms. The number of nitrogens with one attached hydrogen (secondary N) is 2. The topological polar surface area (TPSA) is 113 Å². The smallest absolute Gasteiger partial charge is 0.335 e. The van der Waals surface area contributed by atoms with Crippen molar-refractivity contribution in [2.75, 3.05) is 11.1 Å². The maximum absolute atomic E-state index is 13.7. The molecule has 1 aromatic carbocycles. The molecule has 0 spiro atoms. The van der Waals surface area contributed by atoms with Crippen molar-refractivity contribution in [2.45, 2.75) is 38.6 Å². The van der Waals surface area contributed by atoms with E-state index in [4.69, 9.17) is 5.11 Å². The van der Waals surface area contributed by atoms with Crippen LogP contribution in [-0.2, 0) is 14.8 Å². The first-order valence-electron chi connectivity index (χ1n) is 7.99. The molecule has 0 saturated heterocycles. The molecule has 1 aromatic rings. The van der Waals surface area contributed by atoms with Crippen LogP contribution in [0, 0.1) is 11.7 Å². The number of carboxylic acids is 1. The number of sulfonamides is 1. The Morgan fingerprint density at radius 3 is 2.48 bits per heavy atom. The molecule has 1 fully saturated rings. The quantitative estimate of drug-likeness (QED) is 0.707. The molecule has 0 atom stereocenters. The Kier molecular flexibility index (Phi) is 6.12. The zero-order valence-electron chi connectivity index (χ0n) is 13.8. The SMILES string of the molecule is CC1CCC(NS(=O)(=O)CC(=O)Nc2cc(C(=O)O)ccc2F)CC1. The standard InChI is InChI=1S/C16H21FN2O5S/c1-10-2-5-12(6-3-10)19-25(23,24)9-15(20)18-14-8-11(16(21)22)4-7-13(14)17/h4,7-8,10,12,19H,2-3,5-6,9H2,1H3,(H,18,20)(H,21,22). The third kappa shape index (κ3) is 5.79. The number of carbonyl (C=O) groups is 2. The molecule has 0 heterocycles. The predicted molar refractivity (Wildman–Crippen MR) is 90.3 cm³/mol. The van der Waals surface area contributed by atoms with E-state index in [9.17, 15) is 22.4 Å². The van der Waals surface area contributed by atoms with Gasteiger partial charge < -0.3 is 10.4 Å². The first-order chi connectivity index (χ1) is 11.7. The summed E-state index contributed by atoms with van der Waals surface area (Å²) in [5, 5.41) is 11.0. The lowest BCUT2D eigenvalue weighted by Crippen LogP contribution is -2.41. The summed E-state index contributed by atoms with van der Waals surface area (Å²) in [5.74, 6) is -3.34. The second-order valence-electron chi connectivity index (χ2n) is 6.38. The van der Waals surface area contributed by atoms with E-state index in [1.165, 1.54) is 0 Å². The molecule has 9 heteroatoms. The minimum atomic E-state index is -3.86. The van der Waals surface area contributed by atoms with Crippen LogP contribution in [0.4, 0.5) is 10.1 Å². The van der Waals surface area contributed by atoms with Crippen molar-refractivity contribution in [3.05, 3.63) is 29.6 Å². The molecule has 0 aromatic heterocycles. The Labute approximate surface area is 145 Å². The first-order valence-corrected chi connectivity index (χ1v) is 9.64. The third-order valence-electron chi connectivity index (χ3n) is 4.17. The van der Waals surface area contributed by atoms with E-state index >= 15 is 0 Å². The van der Waals surface area contributed by atoms with Crippen molar-refractivity contribution in [3.63, 3.8) is 0 Å². The van der Waals surface area contributed by atoms with Gasteiger partial charge in [-0.25, -0.2) is 22.3 Å². The molecule has 1 saturated carbocycles. The number of carbonyl (C=O) groups excluding carboxylic acids is 1. The predicted octanol–water partition coefficient (Wildman–Crippen LogP) is 1.96. The molecule has 7 nitrogen and oxygen atoms in total. The van der Waals surface area contributed by atoms with Crippen molar-refractivity contribution < 1.29 is 27.5 Å². The summed E-state index contributed by atoms with van der Waals surface area (Å²) in [7, 11) is -3.86. The molecule has 0 unspecified atom stereocenters. The number of amides is 1. The summed E-state index contributed by atoms with van der Waals surface area (Å²) in [6.07, 6.45) is 3.29. The normalized spacial score (nSPS) is 20.9. The number of hydrogen-bond donors (Lipinski definition) is 3. The summed E-state index contributed by atoms with van der Waals surface area (Å²) in [4.78, 5) is 22.8. The van der Waals surface area contributed by atoms with Gasteiger partial charge in [0.25, 0.3) is 0 Å². The average molecular weight is 372 g/mol. The van der Waals surface area contributed by atoms with Crippen LogP contribution in [0.25, 0.3) is 0 Å². The molecule has 0 radical (unpaired) electrons. The van der Waals surface area contributed by atoms with Crippen LogP contribution in [0.15, 0.2) is 18.2 Å². The van der Waals surface area contributed by atoms with Crippen LogP contribution < -0.4 is 10.0 Å². The van der Waals surface area contributed by atoms with Crippen LogP contribution in [0.3, 0.4) is 0 Å². The van der Waals surface area contributed by atoms with Gasteiger partial charge in [0.1, 0.15) is 11.6 Å². The van der Waals surface area contributed by atoms with Crippen LogP contribution in [0.2, 0.25) is 0 Å². The molecule has 2 rings (SSSR count). The van der Waals surface area contributed by atoms with E-state index in [-0.39, 0.29) is 17.3 Å². The fourth-order valence-corrected chi connectivity index (χ4v) is 4.03. The molecule has 1 aliphatic rings. The third-order valence-corrected chi connectivity index (χ3v) is 5.51. The zero-order chi connectivity index (χ0) is 18.6. The van der Waals surface area contributed by atoms with Gasteiger partial charge in [-0.3, -0.25) is 4.79 Å². The summed E-state index contributed by atoms with van der Waals surface area (Å²) in [6, 6.07) is 2.70. The van der Waals surface area contributed by atoms with Gasteiger partial charge in [-0.15, -0.1) is 0 Å². The second-order valence-corrected chi connectivity index (χ2v) is 8.14. The molecular formula is C16H21FN2O5S. The molecule has 3 N–H and O–H groups in total. The first kappa shape index (κ1) is 19.3. The van der Waals surface area contributed by atoms with Gasteiger partial charge >= 0.3 is 5.97 Å². The lowest BCUT2D eigenvalue weighted by Gasteiger charge is -2.26. The van der Waals surface area contributed by atoms with Crippen molar-refractivity contribution in [3.8, 4) is 0 Å². The van der Waals surface area contributed by atoms with Gasteiger partial charge in [0, 0.05) is 6.04 Å². The number of halogens is 1. The lowest BCUT2D eigenvalue weighted by molar-refractivity contribution is -0.113. The van der Waals surface area contributed by atoms with Crippen LogP contribution in [-0.4, -0.2) is 37.2 Å². The van der Waals surface area contributed by atoms with Gasteiger partial charge in [0.2, 0.25) is 15.9 Å². The number of anilines is 1. The average Bonchev–Trinajstić information content (AvgIpc) is 2.50. The van der Waals surface area contributed by atoms with Crippen LogP contribution in [0.5, 0.6) is 0 Å². The number of carboxylic acid groups (broad SMARTS) is 1. The van der Waals surface area contributed by atoms with Gasteiger partial charge in [-0.2, -0.15) is 0 Å². The number of hydrogen-bond acceptors (Lipinski definition) is 4. The van der Waals surface area contributed by atoms with Gasteiger partial charge in [0.05, 0.1) is 11.3 Å². The van der Waals surface area contributed by atoms with E-state index in [1.807, 2.05) is 0 Å². The van der Waals surface area contributed by atoms with E-state index in [0.29, 0.717) is 5.92 Å². The minimum Gasteiger partial charge on any atom is -0.478 e. The van der Waals surface area contributed by atoms with Crippen LogP contribution >= 0.6 is 0 Å². The molecular weight excluding hydrogens is 351 g/mol. The Bertz CT molecular complexity index is 758. The summed E-state index contributed by atoms with van der Waals surface area (Å²) < 4.78 is 40.3. The number of benzene rings is 1. The number of aromatic carboxylic acids is 1. The van der Waals surface area contributed by atoms with Crippen molar-refractivity contribution in [2.24, 2.45) is 5.92 Å². The second kappa shape index (κ2) is 7.92. The molecule has 0 bridgehead atoms.